The zero-order valence-electron chi connectivity index (χ0n) is 16.2. The van der Waals surface area contributed by atoms with Crippen LogP contribution in [0.3, 0.4) is 0 Å². The third-order valence-electron chi connectivity index (χ3n) is 4.35. The number of rotatable bonds is 5. The number of amides is 1. The monoisotopic (exact) mass is 566 g/mol. The van der Waals surface area contributed by atoms with Crippen LogP contribution in [0.2, 0.25) is 15.1 Å². The summed E-state index contributed by atoms with van der Waals surface area (Å²) >= 11 is 23.4. The average molecular weight is 569 g/mol. The lowest BCUT2D eigenvalue weighted by Gasteiger charge is -2.11. The quantitative estimate of drug-likeness (QED) is 0.319. The maximum atomic E-state index is 12.4. The van der Waals surface area contributed by atoms with Crippen molar-refractivity contribution >= 4 is 85.3 Å². The van der Waals surface area contributed by atoms with Gasteiger partial charge in [-0.2, -0.15) is 0 Å². The molecule has 0 unspecified atom stereocenters. The molecule has 1 heterocycles. The number of nitrogens with zero attached hydrogens (tertiary/aromatic N) is 1. The Morgan fingerprint density at radius 2 is 1.81 bits per heavy atom. The second kappa shape index (κ2) is 10.3. The topological polar surface area (TPSA) is 50.7 Å². The number of halogens is 4. The summed E-state index contributed by atoms with van der Waals surface area (Å²) in [7, 11) is 0. The van der Waals surface area contributed by atoms with Crippen LogP contribution < -0.4 is 10.1 Å². The highest BCUT2D eigenvalue weighted by Crippen LogP contribution is 2.38. The van der Waals surface area contributed by atoms with Gasteiger partial charge in [-0.05, 0) is 69.2 Å². The fraction of sp³-hybridized carbons (Fsp3) is 0.0435. The van der Waals surface area contributed by atoms with Crippen LogP contribution >= 0.6 is 62.5 Å². The molecular formula is C23H14BrCl3N2O2S. The minimum Gasteiger partial charge on any atom is -0.486 e. The van der Waals surface area contributed by atoms with Crippen LogP contribution in [0.4, 0.5) is 5.69 Å². The molecule has 0 saturated carbocycles. The fourth-order valence-corrected chi connectivity index (χ4v) is 5.01. The first-order valence-electron chi connectivity index (χ1n) is 9.30. The summed E-state index contributed by atoms with van der Waals surface area (Å²) in [5, 5.41) is 4.31. The molecule has 162 valence electrons. The highest BCUT2D eigenvalue weighted by Gasteiger charge is 2.24. The fourth-order valence-electron chi connectivity index (χ4n) is 2.85. The van der Waals surface area contributed by atoms with E-state index in [-0.39, 0.29) is 5.91 Å². The van der Waals surface area contributed by atoms with Gasteiger partial charge in [0.05, 0.1) is 30.1 Å². The van der Waals surface area contributed by atoms with Crippen molar-refractivity contribution in [2.45, 2.75) is 6.61 Å². The van der Waals surface area contributed by atoms with E-state index in [0.717, 1.165) is 11.1 Å². The normalized spacial score (nSPS) is 15.9. The maximum Gasteiger partial charge on any atom is 0.264 e. The number of carbonyl (C=O) groups excluding carboxylic acids is 1. The molecule has 1 saturated heterocycles. The molecule has 1 N–H and O–H groups in total. The second-order valence-electron chi connectivity index (χ2n) is 6.64. The lowest BCUT2D eigenvalue weighted by Crippen LogP contribution is -2.19. The molecule has 1 amide bonds. The van der Waals surface area contributed by atoms with Gasteiger partial charge in [-0.25, -0.2) is 4.99 Å². The van der Waals surface area contributed by atoms with E-state index in [1.54, 1.807) is 30.3 Å². The molecule has 3 aromatic carbocycles. The first-order valence-corrected chi connectivity index (χ1v) is 12.0. The van der Waals surface area contributed by atoms with E-state index >= 15 is 0 Å². The predicted octanol–water partition coefficient (Wildman–Crippen LogP) is 7.88. The standard InChI is InChI=1S/C23H14BrCl3N2O2S/c24-15-9-14(10-17(26)21(15)31-12-13-5-2-1-3-6-13)11-19-22(30)29-23(32-19)28-18-8-4-7-16(25)20(18)27/h1-11H,12H2,(H,28,29,30)/b19-11-. The van der Waals surface area contributed by atoms with Gasteiger partial charge in [0, 0.05) is 0 Å². The highest BCUT2D eigenvalue weighted by molar-refractivity contribution is 9.10. The molecule has 1 aliphatic heterocycles. The van der Waals surface area contributed by atoms with Crippen molar-refractivity contribution in [2.75, 3.05) is 0 Å². The minimum absolute atomic E-state index is 0.261. The molecule has 0 spiro atoms. The van der Waals surface area contributed by atoms with Crippen molar-refractivity contribution in [1.29, 1.82) is 0 Å². The van der Waals surface area contributed by atoms with Crippen molar-refractivity contribution in [3.8, 4) is 5.75 Å². The van der Waals surface area contributed by atoms with Gasteiger partial charge in [0.15, 0.2) is 10.9 Å². The number of hydrogen-bond acceptors (Lipinski definition) is 4. The predicted molar refractivity (Wildman–Crippen MR) is 137 cm³/mol. The Labute approximate surface area is 212 Å². The number of aliphatic imine (C=N–C) groups is 1. The minimum atomic E-state index is -0.261. The summed E-state index contributed by atoms with van der Waals surface area (Å²) in [6, 6.07) is 18.5. The van der Waals surface area contributed by atoms with E-state index < -0.39 is 0 Å². The van der Waals surface area contributed by atoms with Crippen LogP contribution in [0.5, 0.6) is 5.75 Å². The molecule has 4 rings (SSSR count). The first-order chi connectivity index (χ1) is 15.4. The van der Waals surface area contributed by atoms with E-state index in [1.165, 1.54) is 11.8 Å². The smallest absolute Gasteiger partial charge is 0.264 e. The lowest BCUT2D eigenvalue weighted by molar-refractivity contribution is -0.115. The molecule has 9 heteroatoms. The Hall–Kier alpha value is -1.96. The number of carbonyl (C=O) groups is 1. The van der Waals surface area contributed by atoms with E-state index in [9.17, 15) is 4.79 Å². The molecule has 0 atom stereocenters. The van der Waals surface area contributed by atoms with Crippen molar-refractivity contribution in [3.05, 3.63) is 96.2 Å². The molecule has 32 heavy (non-hydrogen) atoms. The van der Waals surface area contributed by atoms with Crippen LogP contribution in [0, 0.1) is 0 Å². The van der Waals surface area contributed by atoms with Gasteiger partial charge in [0.25, 0.3) is 5.91 Å². The summed E-state index contributed by atoms with van der Waals surface area (Å²) in [6.45, 7) is 0.393. The molecular weight excluding hydrogens is 555 g/mol. The second-order valence-corrected chi connectivity index (χ2v) is 9.72. The van der Waals surface area contributed by atoms with Gasteiger partial charge in [0.1, 0.15) is 6.61 Å². The van der Waals surface area contributed by atoms with Gasteiger partial charge < -0.3 is 10.1 Å². The average Bonchev–Trinajstić information content (AvgIpc) is 3.10. The molecule has 0 radical (unpaired) electrons. The van der Waals surface area contributed by atoms with E-state index in [4.69, 9.17) is 39.5 Å². The Bertz CT molecular complexity index is 1230. The summed E-state index contributed by atoms with van der Waals surface area (Å²) in [5.74, 6) is 0.280. The molecule has 1 aliphatic rings. The molecule has 3 aromatic rings. The zero-order valence-corrected chi connectivity index (χ0v) is 20.9. The molecule has 0 bridgehead atoms. The van der Waals surface area contributed by atoms with Crippen molar-refractivity contribution in [1.82, 2.24) is 5.32 Å². The van der Waals surface area contributed by atoms with Crippen LogP contribution in [0.1, 0.15) is 11.1 Å². The van der Waals surface area contributed by atoms with Crippen LogP contribution in [0.25, 0.3) is 6.08 Å². The van der Waals surface area contributed by atoms with Gasteiger partial charge >= 0.3 is 0 Å². The molecule has 0 aromatic heterocycles. The van der Waals surface area contributed by atoms with Crippen LogP contribution in [0.15, 0.2) is 75.0 Å². The first kappa shape index (κ1) is 23.2. The Morgan fingerprint density at radius 1 is 1.03 bits per heavy atom. The van der Waals surface area contributed by atoms with Crippen molar-refractivity contribution in [2.24, 2.45) is 4.99 Å². The van der Waals surface area contributed by atoms with Gasteiger partial charge in [-0.3, -0.25) is 4.79 Å². The van der Waals surface area contributed by atoms with Crippen LogP contribution in [-0.4, -0.2) is 11.1 Å². The van der Waals surface area contributed by atoms with E-state index in [0.29, 0.717) is 47.7 Å². The van der Waals surface area contributed by atoms with Gasteiger partial charge in [-0.15, -0.1) is 0 Å². The van der Waals surface area contributed by atoms with E-state index in [2.05, 4.69) is 26.2 Å². The number of thioether (sulfide) groups is 1. The summed E-state index contributed by atoms with van der Waals surface area (Å²) < 4.78 is 6.57. The molecule has 0 aliphatic carbocycles. The van der Waals surface area contributed by atoms with Gasteiger partial charge in [-0.1, -0.05) is 71.2 Å². The van der Waals surface area contributed by atoms with Crippen molar-refractivity contribution in [3.63, 3.8) is 0 Å². The maximum absolute atomic E-state index is 12.4. The number of hydrogen-bond donors (Lipinski definition) is 1. The SMILES string of the molecule is O=C1NC(=Nc2cccc(Cl)c2Cl)S/C1=C\c1cc(Cl)c(OCc2ccccc2)c(Br)c1. The van der Waals surface area contributed by atoms with Crippen LogP contribution in [-0.2, 0) is 11.4 Å². The number of nitrogens with one attached hydrogen (secondary N) is 1. The summed E-state index contributed by atoms with van der Waals surface area (Å²) in [5.41, 5.74) is 2.26. The zero-order chi connectivity index (χ0) is 22.7. The lowest BCUT2D eigenvalue weighted by atomic mass is 10.2. The number of benzene rings is 3. The van der Waals surface area contributed by atoms with Gasteiger partial charge in [0.2, 0.25) is 0 Å². The molecule has 1 fully saturated rings. The molecule has 4 nitrogen and oxygen atoms in total. The highest BCUT2D eigenvalue weighted by atomic mass is 79.9. The Balaban J connectivity index is 1.52. The summed E-state index contributed by atoms with van der Waals surface area (Å²) in [6.07, 6.45) is 1.74. The third kappa shape index (κ3) is 5.50. The number of ether oxygens (including phenoxy) is 1. The van der Waals surface area contributed by atoms with Crippen molar-refractivity contribution < 1.29 is 9.53 Å². The number of amidine groups is 1. The summed E-state index contributed by atoms with van der Waals surface area (Å²) in [4.78, 5) is 17.3. The Morgan fingerprint density at radius 3 is 2.56 bits per heavy atom. The van der Waals surface area contributed by atoms with E-state index in [1.807, 2.05) is 36.4 Å². The largest absolute Gasteiger partial charge is 0.486 e. The Kier molecular flexibility index (Phi) is 7.48. The third-order valence-corrected chi connectivity index (χ3v) is 6.94.